The highest BCUT2D eigenvalue weighted by molar-refractivity contribution is 7.89. The van der Waals surface area contributed by atoms with E-state index in [1.807, 2.05) is 18.7 Å². The van der Waals surface area contributed by atoms with Crippen LogP contribution >= 0.6 is 0 Å². The molecule has 1 aromatic heterocycles. The number of hydrogen-bond donors (Lipinski definition) is 2. The van der Waals surface area contributed by atoms with Gasteiger partial charge in [-0.1, -0.05) is 0 Å². The van der Waals surface area contributed by atoms with Crippen LogP contribution in [0.15, 0.2) is 4.99 Å². The van der Waals surface area contributed by atoms with E-state index in [2.05, 4.69) is 34.6 Å². The fraction of sp³-hybridized carbons (Fsp3) is 0.750. The second-order valence-electron chi connectivity index (χ2n) is 6.59. The van der Waals surface area contributed by atoms with Crippen molar-refractivity contribution in [3.05, 3.63) is 17.0 Å². The van der Waals surface area contributed by atoms with Crippen LogP contribution in [0.3, 0.4) is 0 Å². The van der Waals surface area contributed by atoms with Crippen molar-refractivity contribution in [2.45, 2.75) is 39.7 Å². The second kappa shape index (κ2) is 8.18. The zero-order valence-electron chi connectivity index (χ0n) is 15.8. The van der Waals surface area contributed by atoms with E-state index in [4.69, 9.17) is 0 Å². The largest absolute Gasteiger partial charge is 0.355 e. The first-order valence-electron chi connectivity index (χ1n) is 8.68. The Morgan fingerprint density at radius 1 is 1.40 bits per heavy atom. The van der Waals surface area contributed by atoms with E-state index in [1.54, 1.807) is 11.4 Å². The maximum Gasteiger partial charge on any atom is 0.214 e. The van der Waals surface area contributed by atoms with Gasteiger partial charge in [0.2, 0.25) is 10.0 Å². The maximum absolute atomic E-state index is 11.8. The van der Waals surface area contributed by atoms with Crippen molar-refractivity contribution >= 4 is 16.0 Å². The molecule has 1 fully saturated rings. The van der Waals surface area contributed by atoms with Gasteiger partial charge in [0.05, 0.1) is 11.4 Å². The molecule has 0 saturated carbocycles. The lowest BCUT2D eigenvalue weighted by molar-refractivity contribution is 0.444. The van der Waals surface area contributed by atoms with E-state index in [1.165, 1.54) is 11.3 Å². The summed E-state index contributed by atoms with van der Waals surface area (Å²) >= 11 is 0. The topological polar surface area (TPSA) is 91.6 Å². The van der Waals surface area contributed by atoms with Gasteiger partial charge in [-0.15, -0.1) is 0 Å². The summed E-state index contributed by atoms with van der Waals surface area (Å²) in [6, 6.07) is 0.184. The van der Waals surface area contributed by atoms with Gasteiger partial charge in [-0.05, 0) is 39.2 Å². The molecule has 0 spiro atoms. The molecule has 0 aromatic carbocycles. The molecule has 2 N–H and O–H groups in total. The number of nitrogens with zero attached hydrogens (tertiary/aromatic N) is 4. The summed E-state index contributed by atoms with van der Waals surface area (Å²) in [6.45, 7) is 7.83. The van der Waals surface area contributed by atoms with Crippen LogP contribution in [-0.4, -0.2) is 66.9 Å². The Morgan fingerprint density at radius 3 is 2.64 bits per heavy atom. The molecule has 0 amide bonds. The number of aromatic nitrogens is 2. The van der Waals surface area contributed by atoms with Crippen molar-refractivity contribution < 1.29 is 8.42 Å². The summed E-state index contributed by atoms with van der Waals surface area (Å²) in [5, 5.41) is 11.0. The van der Waals surface area contributed by atoms with E-state index in [0.29, 0.717) is 25.6 Å². The highest BCUT2D eigenvalue weighted by Gasteiger charge is 2.27. The Kier molecular flexibility index (Phi) is 6.45. The zero-order valence-corrected chi connectivity index (χ0v) is 16.7. The minimum absolute atomic E-state index is 0.184. The van der Waals surface area contributed by atoms with Gasteiger partial charge < -0.3 is 10.6 Å². The molecule has 1 aliphatic heterocycles. The van der Waals surface area contributed by atoms with Crippen LogP contribution < -0.4 is 10.6 Å². The summed E-state index contributed by atoms with van der Waals surface area (Å²) in [7, 11) is 0.634. The summed E-state index contributed by atoms with van der Waals surface area (Å²) < 4.78 is 27.0. The number of aliphatic imine (C=N–C) groups is 1. The first-order valence-corrected chi connectivity index (χ1v) is 10.3. The lowest BCUT2D eigenvalue weighted by atomic mass is 10.1. The number of nitrogens with one attached hydrogen (secondary N) is 2. The molecular weight excluding hydrogens is 340 g/mol. The van der Waals surface area contributed by atoms with Crippen molar-refractivity contribution in [1.29, 1.82) is 0 Å². The van der Waals surface area contributed by atoms with Crippen LogP contribution in [0.4, 0.5) is 0 Å². The molecule has 1 saturated heterocycles. The van der Waals surface area contributed by atoms with Gasteiger partial charge in [0, 0.05) is 45.5 Å². The van der Waals surface area contributed by atoms with E-state index in [0.717, 1.165) is 18.5 Å². The molecule has 0 aliphatic carbocycles. The lowest BCUT2D eigenvalue weighted by Gasteiger charge is -2.20. The number of sulfonamides is 1. The summed E-state index contributed by atoms with van der Waals surface area (Å²) in [5.41, 5.74) is 3.48. The van der Waals surface area contributed by atoms with Crippen LogP contribution in [0.2, 0.25) is 0 Å². The Morgan fingerprint density at radius 2 is 2.12 bits per heavy atom. The van der Waals surface area contributed by atoms with Crippen molar-refractivity contribution in [3.8, 4) is 0 Å². The van der Waals surface area contributed by atoms with Gasteiger partial charge in [-0.3, -0.25) is 9.67 Å². The molecule has 0 radical (unpaired) electrons. The molecule has 0 bridgehead atoms. The first-order chi connectivity index (χ1) is 11.7. The molecule has 9 heteroatoms. The highest BCUT2D eigenvalue weighted by Crippen LogP contribution is 2.14. The summed E-state index contributed by atoms with van der Waals surface area (Å²) in [5.74, 6) is 0.948. The van der Waals surface area contributed by atoms with Crippen LogP contribution in [0.1, 0.15) is 30.3 Å². The fourth-order valence-corrected chi connectivity index (χ4v) is 4.67. The zero-order chi connectivity index (χ0) is 18.6. The lowest BCUT2D eigenvalue weighted by Crippen LogP contribution is -2.45. The third-order valence-corrected chi connectivity index (χ3v) is 6.59. The minimum atomic E-state index is -3.04. The average Bonchev–Trinajstić information content (AvgIpc) is 2.99. The van der Waals surface area contributed by atoms with Gasteiger partial charge >= 0.3 is 0 Å². The minimum Gasteiger partial charge on any atom is -0.355 e. The van der Waals surface area contributed by atoms with E-state index < -0.39 is 10.0 Å². The van der Waals surface area contributed by atoms with E-state index >= 15 is 0 Å². The predicted molar refractivity (Wildman–Crippen MR) is 100 cm³/mol. The van der Waals surface area contributed by atoms with Crippen molar-refractivity contribution in [2.75, 3.05) is 32.4 Å². The highest BCUT2D eigenvalue weighted by atomic mass is 32.2. The molecule has 1 unspecified atom stereocenters. The third-order valence-electron chi connectivity index (χ3n) is 4.63. The number of guanidine groups is 1. The average molecular weight is 371 g/mol. The Bertz CT molecular complexity index is 725. The summed E-state index contributed by atoms with van der Waals surface area (Å²) in [4.78, 5) is 4.23. The third kappa shape index (κ3) is 4.94. The SMILES string of the molecule is CN=C(NCCN1CCCS1(=O)=O)NC(C)Cc1c(C)nn(C)c1C. The molecule has 8 nitrogen and oxygen atoms in total. The van der Waals surface area contributed by atoms with E-state index in [9.17, 15) is 8.42 Å². The van der Waals surface area contributed by atoms with Crippen LogP contribution in [0.5, 0.6) is 0 Å². The quantitative estimate of drug-likeness (QED) is 0.550. The Balaban J connectivity index is 1.83. The molecule has 1 atom stereocenters. The first kappa shape index (κ1) is 19.7. The van der Waals surface area contributed by atoms with Crippen LogP contribution in [0.25, 0.3) is 0 Å². The molecule has 142 valence electrons. The summed E-state index contributed by atoms with van der Waals surface area (Å²) in [6.07, 6.45) is 1.57. The second-order valence-corrected chi connectivity index (χ2v) is 8.68. The van der Waals surface area contributed by atoms with Gasteiger partial charge in [0.15, 0.2) is 5.96 Å². The Hall–Kier alpha value is -1.61. The molecule has 25 heavy (non-hydrogen) atoms. The molecule has 2 rings (SSSR count). The fourth-order valence-electron chi connectivity index (χ4n) is 3.14. The smallest absolute Gasteiger partial charge is 0.214 e. The van der Waals surface area contributed by atoms with E-state index in [-0.39, 0.29) is 11.8 Å². The Labute approximate surface area is 150 Å². The van der Waals surface area contributed by atoms with Crippen molar-refractivity contribution in [3.63, 3.8) is 0 Å². The van der Waals surface area contributed by atoms with Gasteiger partial charge in [-0.2, -0.15) is 5.10 Å². The monoisotopic (exact) mass is 370 g/mol. The maximum atomic E-state index is 11.8. The van der Waals surface area contributed by atoms with Crippen molar-refractivity contribution in [2.24, 2.45) is 12.0 Å². The number of aryl methyl sites for hydroxylation is 2. The van der Waals surface area contributed by atoms with Gasteiger partial charge in [-0.25, -0.2) is 12.7 Å². The predicted octanol–water partition coefficient (Wildman–Crippen LogP) is 0.168. The molecular formula is C16H30N6O2S. The van der Waals surface area contributed by atoms with Crippen LogP contribution in [-0.2, 0) is 23.5 Å². The van der Waals surface area contributed by atoms with Crippen LogP contribution in [0, 0.1) is 13.8 Å². The molecule has 1 aromatic rings. The van der Waals surface area contributed by atoms with Gasteiger partial charge in [0.1, 0.15) is 0 Å². The van der Waals surface area contributed by atoms with Gasteiger partial charge in [0.25, 0.3) is 0 Å². The van der Waals surface area contributed by atoms with Crippen molar-refractivity contribution in [1.82, 2.24) is 24.7 Å². The standard InChI is InChI=1S/C16H30N6O2S/c1-12(11-15-13(2)20-21(5)14(15)3)19-16(17-4)18-7-9-22-8-6-10-25(22,23)24/h12H,6-11H2,1-5H3,(H2,17,18,19). The number of rotatable bonds is 6. The number of hydrogen-bond acceptors (Lipinski definition) is 4. The normalized spacial score (nSPS) is 19.2. The molecule has 2 heterocycles. The molecule has 1 aliphatic rings.